The average molecular weight is 661 g/mol. The predicted octanol–water partition coefficient (Wildman–Crippen LogP) is 5.16. The zero-order valence-corrected chi connectivity index (χ0v) is 27.8. The number of amides is 2. The standard InChI is InChI=1S/C38H40N6O5/c1-24-34(38(49)44(37(24)48)43(2)3)36(47)35(29-8-4-5-9-29)42-33(46)22-31(28-18-16-27(17-19-28)30-10-6-7-21-40-30)41-32(45)20-15-25-11-13-26(23-39)14-12-25/h6-7,10-21,29,31,35,48-49H,4-5,8-9,22H2,1-3H3,(H,41,45)(H,42,46)/t31?,35-/m0/s1. The molecule has 0 bridgehead atoms. The fraction of sp³-hybridized carbons (Fsp3) is 0.289. The van der Waals surface area contributed by atoms with Gasteiger partial charge in [-0.25, -0.2) is 0 Å². The maximum atomic E-state index is 14.0. The van der Waals surface area contributed by atoms with Crippen LogP contribution in [-0.4, -0.2) is 57.6 Å². The first kappa shape index (κ1) is 34.4. The Morgan fingerprint density at radius 1 is 1.00 bits per heavy atom. The normalized spacial score (nSPS) is 14.2. The lowest BCUT2D eigenvalue weighted by Crippen LogP contribution is -2.46. The van der Waals surface area contributed by atoms with Crippen molar-refractivity contribution in [2.45, 2.75) is 51.1 Å². The van der Waals surface area contributed by atoms with E-state index in [9.17, 15) is 24.6 Å². The Hall–Kier alpha value is -5.89. The van der Waals surface area contributed by atoms with Gasteiger partial charge in [0, 0.05) is 37.5 Å². The molecular weight excluding hydrogens is 620 g/mol. The monoisotopic (exact) mass is 660 g/mol. The summed E-state index contributed by atoms with van der Waals surface area (Å²) in [6.45, 7) is 1.56. The third-order valence-electron chi connectivity index (χ3n) is 8.90. The van der Waals surface area contributed by atoms with E-state index in [2.05, 4.69) is 21.7 Å². The molecule has 1 aliphatic carbocycles. The van der Waals surface area contributed by atoms with Gasteiger partial charge in [0.1, 0.15) is 0 Å². The number of pyridine rings is 1. The number of nitriles is 1. The summed E-state index contributed by atoms with van der Waals surface area (Å²) in [5.74, 6) is -2.16. The van der Waals surface area contributed by atoms with Crippen LogP contribution in [0.25, 0.3) is 17.3 Å². The Bertz CT molecular complexity index is 1870. The lowest BCUT2D eigenvalue weighted by molar-refractivity contribution is -0.123. The second kappa shape index (κ2) is 15.3. The van der Waals surface area contributed by atoms with Crippen LogP contribution in [0, 0.1) is 24.2 Å². The summed E-state index contributed by atoms with van der Waals surface area (Å²) in [4.78, 5) is 45.4. The van der Waals surface area contributed by atoms with Gasteiger partial charge in [-0.15, -0.1) is 0 Å². The first-order chi connectivity index (χ1) is 23.6. The third kappa shape index (κ3) is 7.99. The van der Waals surface area contributed by atoms with Crippen molar-refractivity contribution >= 4 is 23.7 Å². The van der Waals surface area contributed by atoms with E-state index in [1.165, 1.54) is 11.1 Å². The molecule has 11 nitrogen and oxygen atoms in total. The van der Waals surface area contributed by atoms with Crippen LogP contribution in [0.3, 0.4) is 0 Å². The number of rotatable bonds is 12. The number of Topliss-reactive ketones (excluding diaryl/α,β-unsaturated/α-hetero) is 1. The van der Waals surface area contributed by atoms with Crippen molar-refractivity contribution < 1.29 is 24.6 Å². The summed E-state index contributed by atoms with van der Waals surface area (Å²) in [6, 6.07) is 20.2. The largest absolute Gasteiger partial charge is 0.493 e. The van der Waals surface area contributed by atoms with Crippen molar-refractivity contribution in [3.63, 3.8) is 0 Å². The average Bonchev–Trinajstić information content (AvgIpc) is 3.72. The molecule has 2 aromatic heterocycles. The third-order valence-corrected chi connectivity index (χ3v) is 8.90. The first-order valence-corrected chi connectivity index (χ1v) is 16.2. The summed E-state index contributed by atoms with van der Waals surface area (Å²) in [6.07, 6.45) is 7.81. The van der Waals surface area contributed by atoms with E-state index in [4.69, 9.17) is 5.26 Å². The number of nitrogens with zero attached hydrogens (tertiary/aromatic N) is 4. The number of carbonyl (C=O) groups is 3. The minimum atomic E-state index is -0.934. The minimum absolute atomic E-state index is 0.0358. The highest BCUT2D eigenvalue weighted by Gasteiger charge is 2.37. The highest BCUT2D eigenvalue weighted by molar-refractivity contribution is 6.05. The number of aromatic hydroxyl groups is 2. The molecule has 4 N–H and O–H groups in total. The summed E-state index contributed by atoms with van der Waals surface area (Å²) in [5, 5.41) is 38.0. The topological polar surface area (TPSA) is 161 Å². The summed E-state index contributed by atoms with van der Waals surface area (Å²) in [5.41, 5.74) is 3.76. The van der Waals surface area contributed by atoms with Gasteiger partial charge in [-0.05, 0) is 67.2 Å². The number of benzene rings is 2. The minimum Gasteiger partial charge on any atom is -0.493 e. The zero-order valence-electron chi connectivity index (χ0n) is 27.8. The molecule has 2 heterocycles. The highest BCUT2D eigenvalue weighted by Crippen LogP contribution is 2.37. The van der Waals surface area contributed by atoms with E-state index in [0.29, 0.717) is 11.1 Å². The molecular formula is C38H40N6O5. The molecule has 1 fully saturated rings. The van der Waals surface area contributed by atoms with Crippen LogP contribution in [-0.2, 0) is 9.59 Å². The number of carbonyl (C=O) groups excluding carboxylic acids is 3. The number of aromatic nitrogens is 2. The van der Waals surface area contributed by atoms with Gasteiger partial charge in [0.05, 0.1) is 41.4 Å². The van der Waals surface area contributed by atoms with Gasteiger partial charge >= 0.3 is 0 Å². The number of hydrogen-bond donors (Lipinski definition) is 4. The molecule has 49 heavy (non-hydrogen) atoms. The lowest BCUT2D eigenvalue weighted by atomic mass is 9.90. The van der Waals surface area contributed by atoms with Gasteiger partial charge in [-0.2, -0.15) is 9.94 Å². The Kier molecular flexibility index (Phi) is 10.8. The second-order valence-corrected chi connectivity index (χ2v) is 12.4. The molecule has 2 aromatic carbocycles. The maximum absolute atomic E-state index is 14.0. The van der Waals surface area contributed by atoms with Crippen molar-refractivity contribution in [3.05, 3.63) is 107 Å². The SMILES string of the molecule is Cc1c(C(=O)[C@@H](NC(=O)CC(NC(=O)C=Cc2ccc(C#N)cc2)c2ccc(-c3ccccn3)cc2)C2CCCC2)c(O)n(N(C)C)c1O. The maximum Gasteiger partial charge on any atom is 0.244 e. The molecule has 4 aromatic rings. The molecule has 0 saturated heterocycles. The number of nitrogens with one attached hydrogen (secondary N) is 2. The van der Waals surface area contributed by atoms with E-state index < -0.39 is 35.6 Å². The molecule has 2 atom stereocenters. The molecule has 2 amide bonds. The van der Waals surface area contributed by atoms with E-state index in [-0.39, 0.29) is 29.3 Å². The Balaban J connectivity index is 1.40. The molecule has 252 valence electrons. The summed E-state index contributed by atoms with van der Waals surface area (Å²) >= 11 is 0. The van der Waals surface area contributed by atoms with E-state index in [1.54, 1.807) is 57.6 Å². The summed E-state index contributed by atoms with van der Waals surface area (Å²) in [7, 11) is 3.25. The quantitative estimate of drug-likeness (QED) is 0.120. The molecule has 0 radical (unpaired) electrons. The Morgan fingerprint density at radius 2 is 1.69 bits per heavy atom. The van der Waals surface area contributed by atoms with E-state index >= 15 is 0 Å². The Morgan fingerprint density at radius 3 is 2.29 bits per heavy atom. The van der Waals surface area contributed by atoms with Gasteiger partial charge < -0.3 is 25.9 Å². The lowest BCUT2D eigenvalue weighted by Gasteiger charge is -2.25. The van der Waals surface area contributed by atoms with Gasteiger partial charge in [0.15, 0.2) is 5.78 Å². The number of hydrogen-bond acceptors (Lipinski definition) is 8. The van der Waals surface area contributed by atoms with Crippen LogP contribution in [0.2, 0.25) is 0 Å². The Labute approximate surface area is 285 Å². The van der Waals surface area contributed by atoms with Gasteiger partial charge in [-0.3, -0.25) is 19.4 Å². The van der Waals surface area contributed by atoms with Crippen LogP contribution in [0.4, 0.5) is 0 Å². The molecule has 5 rings (SSSR count). The van der Waals surface area contributed by atoms with Crippen LogP contribution in [0.1, 0.15) is 70.8 Å². The zero-order chi connectivity index (χ0) is 35.1. The second-order valence-electron chi connectivity index (χ2n) is 12.4. The van der Waals surface area contributed by atoms with E-state index in [0.717, 1.165) is 47.2 Å². The van der Waals surface area contributed by atoms with Crippen LogP contribution < -0.4 is 15.6 Å². The smallest absolute Gasteiger partial charge is 0.244 e. The van der Waals surface area contributed by atoms with Crippen molar-refractivity contribution in [3.8, 4) is 29.1 Å². The fourth-order valence-electron chi connectivity index (χ4n) is 6.31. The van der Waals surface area contributed by atoms with E-state index in [1.807, 2.05) is 42.5 Å². The van der Waals surface area contributed by atoms with Crippen LogP contribution >= 0.6 is 0 Å². The van der Waals surface area contributed by atoms with Gasteiger partial charge in [0.2, 0.25) is 23.6 Å². The number of ketones is 1. The van der Waals surface area contributed by atoms with Crippen LogP contribution in [0.5, 0.6) is 11.8 Å². The molecule has 1 unspecified atom stereocenters. The molecule has 0 spiro atoms. The van der Waals surface area contributed by atoms with Crippen molar-refractivity contribution in [1.82, 2.24) is 20.3 Å². The highest BCUT2D eigenvalue weighted by atomic mass is 16.3. The molecule has 11 heteroatoms. The molecule has 1 saturated carbocycles. The van der Waals surface area contributed by atoms with Gasteiger partial charge in [0.25, 0.3) is 0 Å². The van der Waals surface area contributed by atoms with Gasteiger partial charge in [-0.1, -0.05) is 55.3 Å². The molecule has 0 aliphatic heterocycles. The molecule has 1 aliphatic rings. The van der Waals surface area contributed by atoms with Crippen LogP contribution in [0.15, 0.2) is 79.0 Å². The van der Waals surface area contributed by atoms with Crippen molar-refractivity contribution in [1.29, 1.82) is 5.26 Å². The van der Waals surface area contributed by atoms with Crippen molar-refractivity contribution in [2.24, 2.45) is 5.92 Å². The van der Waals surface area contributed by atoms with Crippen molar-refractivity contribution in [2.75, 3.05) is 19.1 Å². The fourth-order valence-corrected chi connectivity index (χ4v) is 6.31. The summed E-state index contributed by atoms with van der Waals surface area (Å²) < 4.78 is 1.14. The first-order valence-electron chi connectivity index (χ1n) is 16.2. The predicted molar refractivity (Wildman–Crippen MR) is 186 cm³/mol.